The van der Waals surface area contributed by atoms with Gasteiger partial charge in [0.15, 0.2) is 6.10 Å². The highest BCUT2D eigenvalue weighted by molar-refractivity contribution is 9.10. The lowest BCUT2D eigenvalue weighted by atomic mass is 10.1. The Balaban J connectivity index is 2.79. The van der Waals surface area contributed by atoms with E-state index in [1.165, 1.54) is 7.11 Å². The Labute approximate surface area is 120 Å². The van der Waals surface area contributed by atoms with Gasteiger partial charge in [-0.15, -0.1) is 0 Å². The van der Waals surface area contributed by atoms with Gasteiger partial charge in [-0.25, -0.2) is 4.79 Å². The van der Waals surface area contributed by atoms with Gasteiger partial charge >= 0.3 is 5.97 Å². The number of benzene rings is 1. The van der Waals surface area contributed by atoms with Gasteiger partial charge in [-0.2, -0.15) is 0 Å². The van der Waals surface area contributed by atoms with E-state index in [1.807, 2.05) is 19.9 Å². The highest BCUT2D eigenvalue weighted by atomic mass is 79.9. The number of carboxylic acid groups (broad SMARTS) is 1. The predicted octanol–water partition coefficient (Wildman–Crippen LogP) is 1.90. The van der Waals surface area contributed by atoms with Crippen molar-refractivity contribution in [2.75, 3.05) is 13.7 Å². The third-order valence-electron chi connectivity index (χ3n) is 2.76. The second-order valence-corrected chi connectivity index (χ2v) is 5.04. The quantitative estimate of drug-likeness (QED) is 0.865. The molecule has 2 N–H and O–H groups in total. The van der Waals surface area contributed by atoms with E-state index in [2.05, 4.69) is 21.2 Å². The topological polar surface area (TPSA) is 75.6 Å². The fourth-order valence-corrected chi connectivity index (χ4v) is 2.04. The van der Waals surface area contributed by atoms with E-state index in [-0.39, 0.29) is 12.5 Å². The van der Waals surface area contributed by atoms with E-state index in [4.69, 9.17) is 9.84 Å². The second-order valence-electron chi connectivity index (χ2n) is 4.19. The first kappa shape index (κ1) is 15.7. The van der Waals surface area contributed by atoms with Gasteiger partial charge in [-0.3, -0.25) is 4.79 Å². The van der Waals surface area contributed by atoms with Gasteiger partial charge in [0.2, 0.25) is 0 Å². The Hall–Kier alpha value is -1.40. The van der Waals surface area contributed by atoms with Crippen molar-refractivity contribution in [3.05, 3.63) is 33.3 Å². The lowest BCUT2D eigenvalue weighted by molar-refractivity contribution is -0.148. The lowest BCUT2D eigenvalue weighted by Gasteiger charge is -2.13. The van der Waals surface area contributed by atoms with E-state index in [9.17, 15) is 9.59 Å². The average molecular weight is 330 g/mol. The predicted molar refractivity (Wildman–Crippen MR) is 74.4 cm³/mol. The van der Waals surface area contributed by atoms with Gasteiger partial charge in [0.25, 0.3) is 5.91 Å². The van der Waals surface area contributed by atoms with Crippen molar-refractivity contribution in [1.82, 2.24) is 5.32 Å². The SMILES string of the molecule is COC(CNC(=O)c1cc(C)c(Br)cc1C)C(=O)O. The van der Waals surface area contributed by atoms with E-state index < -0.39 is 12.1 Å². The number of methoxy groups -OCH3 is 1. The third-order valence-corrected chi connectivity index (χ3v) is 3.61. The molecule has 1 rings (SSSR count). The minimum absolute atomic E-state index is 0.0702. The molecule has 0 aliphatic heterocycles. The summed E-state index contributed by atoms with van der Waals surface area (Å²) in [5.41, 5.74) is 2.29. The summed E-state index contributed by atoms with van der Waals surface area (Å²) in [6.45, 7) is 3.64. The summed E-state index contributed by atoms with van der Waals surface area (Å²) in [6.07, 6.45) is -1.04. The molecule has 5 nitrogen and oxygen atoms in total. The molecule has 1 atom stereocenters. The molecule has 1 aromatic carbocycles. The molecule has 0 heterocycles. The van der Waals surface area contributed by atoms with E-state index >= 15 is 0 Å². The molecule has 6 heteroatoms. The number of hydrogen-bond acceptors (Lipinski definition) is 3. The van der Waals surface area contributed by atoms with Crippen LogP contribution >= 0.6 is 15.9 Å². The number of hydrogen-bond donors (Lipinski definition) is 2. The molecule has 1 aromatic rings. The molecule has 19 heavy (non-hydrogen) atoms. The summed E-state index contributed by atoms with van der Waals surface area (Å²) >= 11 is 3.39. The maximum Gasteiger partial charge on any atom is 0.334 e. The molecule has 0 bridgehead atoms. The van der Waals surface area contributed by atoms with Crippen molar-refractivity contribution in [3.63, 3.8) is 0 Å². The maximum absolute atomic E-state index is 12.0. The van der Waals surface area contributed by atoms with Crippen LogP contribution in [0.5, 0.6) is 0 Å². The van der Waals surface area contributed by atoms with Crippen molar-refractivity contribution >= 4 is 27.8 Å². The van der Waals surface area contributed by atoms with Gasteiger partial charge in [-0.1, -0.05) is 15.9 Å². The first-order valence-corrected chi connectivity index (χ1v) is 6.46. The van der Waals surface area contributed by atoms with Gasteiger partial charge in [0.05, 0.1) is 6.54 Å². The van der Waals surface area contributed by atoms with Crippen molar-refractivity contribution in [3.8, 4) is 0 Å². The van der Waals surface area contributed by atoms with E-state index in [0.717, 1.165) is 15.6 Å². The minimum atomic E-state index is -1.11. The number of halogens is 1. The fraction of sp³-hybridized carbons (Fsp3) is 0.385. The first-order chi connectivity index (χ1) is 8.86. The molecular formula is C13H16BrNO4. The normalized spacial score (nSPS) is 12.0. The Morgan fingerprint density at radius 1 is 1.37 bits per heavy atom. The van der Waals surface area contributed by atoms with Crippen LogP contribution in [0.3, 0.4) is 0 Å². The number of rotatable bonds is 5. The van der Waals surface area contributed by atoms with Crippen LogP contribution in [0.25, 0.3) is 0 Å². The van der Waals surface area contributed by atoms with Crippen molar-refractivity contribution < 1.29 is 19.4 Å². The summed E-state index contributed by atoms with van der Waals surface area (Å²) in [7, 11) is 1.29. The number of carbonyl (C=O) groups is 2. The van der Waals surface area contributed by atoms with Crippen LogP contribution in [0.15, 0.2) is 16.6 Å². The van der Waals surface area contributed by atoms with Crippen molar-refractivity contribution in [2.24, 2.45) is 0 Å². The Kier molecular flexibility index (Phi) is 5.50. The number of carboxylic acids is 1. The van der Waals surface area contributed by atoms with E-state index in [0.29, 0.717) is 5.56 Å². The molecule has 0 radical (unpaired) electrons. The highest BCUT2D eigenvalue weighted by Crippen LogP contribution is 2.20. The number of aryl methyl sites for hydroxylation is 2. The summed E-state index contributed by atoms with van der Waals surface area (Å²) < 4.78 is 5.68. The number of nitrogens with one attached hydrogen (secondary N) is 1. The maximum atomic E-state index is 12.0. The van der Waals surface area contributed by atoms with Gasteiger partial charge in [-0.05, 0) is 37.1 Å². The molecule has 104 valence electrons. The standard InChI is InChI=1S/C13H16BrNO4/c1-7-5-10(14)8(2)4-9(7)12(16)15-6-11(19-3)13(17)18/h4-5,11H,6H2,1-3H3,(H,15,16)(H,17,18). The van der Waals surface area contributed by atoms with Crippen LogP contribution in [0.1, 0.15) is 21.5 Å². The first-order valence-electron chi connectivity index (χ1n) is 5.67. The second kappa shape index (κ2) is 6.68. The number of aliphatic carboxylic acids is 1. The zero-order chi connectivity index (χ0) is 14.6. The van der Waals surface area contributed by atoms with Crippen LogP contribution in [0.2, 0.25) is 0 Å². The monoisotopic (exact) mass is 329 g/mol. The number of ether oxygens (including phenoxy) is 1. The van der Waals surface area contributed by atoms with Crippen LogP contribution in [-0.4, -0.2) is 36.7 Å². The summed E-state index contributed by atoms with van der Waals surface area (Å²) in [6, 6.07) is 3.62. The molecule has 0 aromatic heterocycles. The summed E-state index contributed by atoms with van der Waals surface area (Å²) in [5, 5.41) is 11.4. The highest BCUT2D eigenvalue weighted by Gasteiger charge is 2.18. The molecule has 0 aliphatic rings. The number of carbonyl (C=O) groups excluding carboxylic acids is 1. The van der Waals surface area contributed by atoms with Crippen LogP contribution in [0, 0.1) is 13.8 Å². The zero-order valence-corrected chi connectivity index (χ0v) is 12.6. The molecular weight excluding hydrogens is 314 g/mol. The molecule has 0 fully saturated rings. The molecule has 1 unspecified atom stereocenters. The third kappa shape index (κ3) is 4.04. The van der Waals surface area contributed by atoms with Gasteiger partial charge in [0, 0.05) is 17.1 Å². The Morgan fingerprint density at radius 3 is 2.53 bits per heavy atom. The van der Waals surface area contributed by atoms with Crippen LogP contribution in [0.4, 0.5) is 0 Å². The Bertz CT molecular complexity index is 502. The minimum Gasteiger partial charge on any atom is -0.479 e. The molecule has 0 saturated heterocycles. The van der Waals surface area contributed by atoms with Gasteiger partial charge in [0.1, 0.15) is 0 Å². The fourth-order valence-electron chi connectivity index (χ4n) is 1.58. The van der Waals surface area contributed by atoms with Crippen LogP contribution < -0.4 is 5.32 Å². The summed E-state index contributed by atoms with van der Waals surface area (Å²) in [5.74, 6) is -1.41. The van der Waals surface area contributed by atoms with Crippen molar-refractivity contribution in [1.29, 1.82) is 0 Å². The largest absolute Gasteiger partial charge is 0.479 e. The molecule has 1 amide bonds. The summed E-state index contributed by atoms with van der Waals surface area (Å²) in [4.78, 5) is 22.8. The Morgan fingerprint density at radius 2 is 2.00 bits per heavy atom. The van der Waals surface area contributed by atoms with Crippen LogP contribution in [-0.2, 0) is 9.53 Å². The smallest absolute Gasteiger partial charge is 0.334 e. The lowest BCUT2D eigenvalue weighted by Crippen LogP contribution is -2.38. The molecule has 0 spiro atoms. The average Bonchev–Trinajstić information content (AvgIpc) is 2.33. The van der Waals surface area contributed by atoms with E-state index in [1.54, 1.807) is 6.07 Å². The molecule has 0 aliphatic carbocycles. The zero-order valence-electron chi connectivity index (χ0n) is 11.0. The van der Waals surface area contributed by atoms with Crippen molar-refractivity contribution in [2.45, 2.75) is 20.0 Å². The van der Waals surface area contributed by atoms with Gasteiger partial charge < -0.3 is 15.2 Å². The molecule has 0 saturated carbocycles. The number of amides is 1.